The van der Waals surface area contributed by atoms with Gasteiger partial charge in [0.05, 0.1) is 6.61 Å². The maximum Gasteiger partial charge on any atom is 0.119 e. The van der Waals surface area contributed by atoms with Gasteiger partial charge in [0.25, 0.3) is 0 Å². The monoisotopic (exact) mass is 466 g/mol. The highest BCUT2D eigenvalue weighted by molar-refractivity contribution is 5.30. The Hall–Kier alpha value is -0.980. The zero-order valence-corrected chi connectivity index (χ0v) is 22.6. The van der Waals surface area contributed by atoms with Crippen molar-refractivity contribution in [2.24, 2.45) is 29.6 Å². The van der Waals surface area contributed by atoms with Gasteiger partial charge in [-0.15, -0.1) is 0 Å². The van der Waals surface area contributed by atoms with Crippen LogP contribution in [0.4, 0.5) is 0 Å². The summed E-state index contributed by atoms with van der Waals surface area (Å²) in [7, 11) is 0. The summed E-state index contributed by atoms with van der Waals surface area (Å²) in [5.74, 6) is 7.05. The molecule has 3 fully saturated rings. The van der Waals surface area contributed by atoms with Crippen molar-refractivity contribution < 1.29 is 4.74 Å². The zero-order chi connectivity index (χ0) is 23.6. The average Bonchev–Trinajstić information content (AvgIpc) is 2.89. The fourth-order valence-electron chi connectivity index (χ4n) is 7.81. The molecule has 3 saturated carbocycles. The summed E-state index contributed by atoms with van der Waals surface area (Å²) in [4.78, 5) is 0. The summed E-state index contributed by atoms with van der Waals surface area (Å²) in [5, 5.41) is 0. The average molecular weight is 467 g/mol. The van der Waals surface area contributed by atoms with Crippen LogP contribution in [-0.4, -0.2) is 6.61 Å². The first-order valence-electron chi connectivity index (χ1n) is 15.5. The van der Waals surface area contributed by atoms with Gasteiger partial charge in [0, 0.05) is 0 Å². The third-order valence-corrected chi connectivity index (χ3v) is 10.0. The van der Waals surface area contributed by atoms with E-state index in [1.54, 1.807) is 37.7 Å². The third kappa shape index (κ3) is 7.51. The molecule has 3 aliphatic carbocycles. The van der Waals surface area contributed by atoms with Crippen LogP contribution in [0.5, 0.6) is 5.75 Å². The second-order valence-corrected chi connectivity index (χ2v) is 12.4. The van der Waals surface area contributed by atoms with E-state index >= 15 is 0 Å². The Bertz CT molecular complexity index is 670. The first-order valence-corrected chi connectivity index (χ1v) is 15.5. The summed E-state index contributed by atoms with van der Waals surface area (Å²) in [5.41, 5.74) is 1.57. The van der Waals surface area contributed by atoms with Crippen LogP contribution in [0.2, 0.25) is 0 Å². The number of ether oxygens (including phenoxy) is 1. The lowest BCUT2D eigenvalue weighted by Crippen LogP contribution is -2.34. The first kappa shape index (κ1) is 26.1. The molecule has 192 valence electrons. The van der Waals surface area contributed by atoms with Crippen LogP contribution in [0.15, 0.2) is 24.3 Å². The van der Waals surface area contributed by atoms with Gasteiger partial charge in [-0.05, 0) is 111 Å². The van der Waals surface area contributed by atoms with Gasteiger partial charge in [0.1, 0.15) is 5.75 Å². The van der Waals surface area contributed by atoms with E-state index in [0.29, 0.717) is 0 Å². The van der Waals surface area contributed by atoms with Crippen molar-refractivity contribution in [3.8, 4) is 5.75 Å². The molecule has 34 heavy (non-hydrogen) atoms. The van der Waals surface area contributed by atoms with E-state index in [1.807, 2.05) is 0 Å². The Morgan fingerprint density at radius 2 is 1.24 bits per heavy atom. The van der Waals surface area contributed by atoms with Gasteiger partial charge in [-0.2, -0.15) is 0 Å². The molecule has 1 aromatic carbocycles. The Morgan fingerprint density at radius 1 is 0.618 bits per heavy atom. The summed E-state index contributed by atoms with van der Waals surface area (Å²) in [6, 6.07) is 9.16. The number of fused-ring (bicyclic) bond motifs is 1. The predicted molar refractivity (Wildman–Crippen MR) is 147 cm³/mol. The van der Waals surface area contributed by atoms with Crippen molar-refractivity contribution in [2.75, 3.05) is 6.61 Å². The molecule has 0 amide bonds. The van der Waals surface area contributed by atoms with Crippen molar-refractivity contribution in [1.29, 1.82) is 0 Å². The van der Waals surface area contributed by atoms with Gasteiger partial charge in [-0.1, -0.05) is 83.8 Å². The van der Waals surface area contributed by atoms with Crippen molar-refractivity contribution in [2.45, 2.75) is 135 Å². The van der Waals surface area contributed by atoms with Crippen molar-refractivity contribution >= 4 is 0 Å². The molecular formula is C33H54O. The molecule has 0 bridgehead atoms. The lowest BCUT2D eigenvalue weighted by Gasteiger charge is -2.45. The number of hydrogen-bond donors (Lipinski definition) is 0. The molecule has 1 aromatic rings. The summed E-state index contributed by atoms with van der Waals surface area (Å²) < 4.78 is 5.88. The maximum absolute atomic E-state index is 5.88. The van der Waals surface area contributed by atoms with Gasteiger partial charge < -0.3 is 4.74 Å². The third-order valence-electron chi connectivity index (χ3n) is 10.0. The summed E-state index contributed by atoms with van der Waals surface area (Å²) >= 11 is 0. The molecule has 1 nitrogen and oxygen atoms in total. The number of rotatable bonds is 12. The zero-order valence-electron chi connectivity index (χ0n) is 22.6. The molecule has 3 aliphatic rings. The Kier molecular flexibility index (Phi) is 10.7. The Morgan fingerprint density at radius 3 is 1.97 bits per heavy atom. The van der Waals surface area contributed by atoms with E-state index in [9.17, 15) is 0 Å². The quantitative estimate of drug-likeness (QED) is 0.278. The molecule has 0 saturated heterocycles. The lowest BCUT2D eigenvalue weighted by atomic mass is 9.60. The van der Waals surface area contributed by atoms with Gasteiger partial charge in [0.15, 0.2) is 0 Å². The predicted octanol–water partition coefficient (Wildman–Crippen LogP) is 10.3. The minimum atomic E-state index is 0.787. The fourth-order valence-corrected chi connectivity index (χ4v) is 7.81. The Labute approximate surface area is 211 Å². The highest BCUT2D eigenvalue weighted by atomic mass is 16.5. The van der Waals surface area contributed by atoms with Crippen molar-refractivity contribution in [3.63, 3.8) is 0 Å². The van der Waals surface area contributed by atoms with Crippen molar-refractivity contribution in [1.82, 2.24) is 0 Å². The second kappa shape index (κ2) is 13.9. The van der Waals surface area contributed by atoms with Crippen LogP contribution < -0.4 is 4.74 Å². The van der Waals surface area contributed by atoms with Crippen molar-refractivity contribution in [3.05, 3.63) is 29.8 Å². The molecule has 4 atom stereocenters. The topological polar surface area (TPSA) is 9.23 Å². The fraction of sp³-hybridized carbons (Fsp3) is 0.818. The molecule has 0 heterocycles. The van der Waals surface area contributed by atoms with Crippen LogP contribution in [0.3, 0.4) is 0 Å². The number of benzene rings is 1. The minimum absolute atomic E-state index is 0.787. The highest BCUT2D eigenvalue weighted by Gasteiger charge is 2.39. The number of unbranched alkanes of at least 4 members (excludes halogenated alkanes) is 5. The van der Waals surface area contributed by atoms with Crippen LogP contribution in [0.1, 0.15) is 141 Å². The van der Waals surface area contributed by atoms with E-state index in [0.717, 1.165) is 54.3 Å². The molecule has 0 spiro atoms. The van der Waals surface area contributed by atoms with Crippen LogP contribution >= 0.6 is 0 Å². The van der Waals surface area contributed by atoms with Crippen LogP contribution in [-0.2, 0) is 0 Å². The molecule has 0 radical (unpaired) electrons. The van der Waals surface area contributed by atoms with Gasteiger partial charge in [-0.25, -0.2) is 0 Å². The minimum Gasteiger partial charge on any atom is -0.494 e. The van der Waals surface area contributed by atoms with Gasteiger partial charge >= 0.3 is 0 Å². The second-order valence-electron chi connectivity index (χ2n) is 12.4. The lowest BCUT2D eigenvalue weighted by molar-refractivity contribution is 0.0710. The van der Waals surface area contributed by atoms with E-state index in [2.05, 4.69) is 38.1 Å². The maximum atomic E-state index is 5.88. The van der Waals surface area contributed by atoms with Gasteiger partial charge in [0.2, 0.25) is 0 Å². The Balaban J connectivity index is 1.17. The van der Waals surface area contributed by atoms with Gasteiger partial charge in [-0.3, -0.25) is 0 Å². The smallest absolute Gasteiger partial charge is 0.119 e. The molecule has 0 N–H and O–H groups in total. The van der Waals surface area contributed by atoms with E-state index < -0.39 is 0 Å². The summed E-state index contributed by atoms with van der Waals surface area (Å²) in [6.07, 6.45) is 26.3. The molecule has 1 heteroatoms. The first-order chi connectivity index (χ1) is 16.8. The molecular weight excluding hydrogens is 412 g/mol. The van der Waals surface area contributed by atoms with E-state index in [-0.39, 0.29) is 0 Å². The van der Waals surface area contributed by atoms with Crippen LogP contribution in [0, 0.1) is 29.6 Å². The molecule has 0 aromatic heterocycles. The summed E-state index contributed by atoms with van der Waals surface area (Å²) in [6.45, 7) is 5.40. The normalized spacial score (nSPS) is 31.7. The largest absolute Gasteiger partial charge is 0.494 e. The SMILES string of the molecule is CCCCCCCC1CCC(C2CCC3CC(c4ccc(OCCCC)cc4)CCC3C2)CC1. The molecule has 4 rings (SSSR count). The number of hydrogen-bond acceptors (Lipinski definition) is 1. The standard InChI is InChI=1S/C33H54O/c1-3-5-7-8-9-10-26-11-13-27(14-12-26)29-15-17-32-25-30(16-18-31(32)24-29)28-19-21-33(22-20-28)34-23-6-4-2/h19-22,26-27,29-32H,3-18,23-25H2,1-2H3. The van der Waals surface area contributed by atoms with E-state index in [4.69, 9.17) is 4.74 Å². The van der Waals surface area contributed by atoms with Crippen LogP contribution in [0.25, 0.3) is 0 Å². The van der Waals surface area contributed by atoms with E-state index in [1.165, 1.54) is 77.0 Å². The molecule has 0 aliphatic heterocycles. The highest BCUT2D eigenvalue weighted by Crippen LogP contribution is 2.51. The molecule has 4 unspecified atom stereocenters.